The van der Waals surface area contributed by atoms with Gasteiger partial charge in [0.2, 0.25) is 15.9 Å². The van der Waals surface area contributed by atoms with Gasteiger partial charge in [0.25, 0.3) is 0 Å². The van der Waals surface area contributed by atoms with E-state index < -0.39 is 10.0 Å². The number of piperidine rings is 2. The number of benzene rings is 1. The summed E-state index contributed by atoms with van der Waals surface area (Å²) in [6.45, 7) is 2.28. The molecule has 1 amide bonds. The summed E-state index contributed by atoms with van der Waals surface area (Å²) in [6.07, 6.45) is 5.76. The standard InChI is InChI=1S/C22H27ClN4O3S/c23-18-6-8-19(9-7-18)25-22(28)17-10-15-26(16-11-17)21-20(5-4-12-24-21)31(29,30)27-13-2-1-3-14-27/h4-9,12,17H,1-3,10-11,13-16H2,(H,25,28). The van der Waals surface area contributed by atoms with Gasteiger partial charge in [0, 0.05) is 49.0 Å². The number of carbonyl (C=O) groups is 1. The zero-order valence-corrected chi connectivity index (χ0v) is 18.9. The highest BCUT2D eigenvalue weighted by Crippen LogP contribution is 2.31. The van der Waals surface area contributed by atoms with Crippen LogP contribution in [0.3, 0.4) is 0 Å². The number of rotatable bonds is 5. The van der Waals surface area contributed by atoms with E-state index >= 15 is 0 Å². The maximum absolute atomic E-state index is 13.2. The smallest absolute Gasteiger partial charge is 0.246 e. The van der Waals surface area contributed by atoms with Crippen molar-refractivity contribution in [3.8, 4) is 0 Å². The van der Waals surface area contributed by atoms with Crippen molar-refractivity contribution in [2.24, 2.45) is 5.92 Å². The lowest BCUT2D eigenvalue weighted by atomic mass is 9.95. The number of hydrogen-bond donors (Lipinski definition) is 1. The van der Waals surface area contributed by atoms with Gasteiger partial charge in [0.05, 0.1) is 0 Å². The van der Waals surface area contributed by atoms with Gasteiger partial charge in [0.15, 0.2) is 0 Å². The molecule has 166 valence electrons. The van der Waals surface area contributed by atoms with Gasteiger partial charge in [-0.05, 0) is 62.1 Å². The zero-order chi connectivity index (χ0) is 21.8. The Bertz CT molecular complexity index is 1020. The number of aromatic nitrogens is 1. The molecule has 1 aromatic carbocycles. The fraction of sp³-hybridized carbons (Fsp3) is 0.455. The fourth-order valence-electron chi connectivity index (χ4n) is 4.20. The lowest BCUT2D eigenvalue weighted by Crippen LogP contribution is -2.40. The summed E-state index contributed by atoms with van der Waals surface area (Å²) in [6, 6.07) is 10.4. The Morgan fingerprint density at radius 2 is 1.68 bits per heavy atom. The van der Waals surface area contributed by atoms with Gasteiger partial charge in [-0.2, -0.15) is 4.31 Å². The average Bonchev–Trinajstić information content (AvgIpc) is 2.81. The molecule has 0 saturated carbocycles. The lowest BCUT2D eigenvalue weighted by Gasteiger charge is -2.34. The first-order chi connectivity index (χ1) is 14.9. The van der Waals surface area contributed by atoms with Gasteiger partial charge in [-0.3, -0.25) is 4.79 Å². The van der Waals surface area contributed by atoms with Crippen LogP contribution in [0.25, 0.3) is 0 Å². The maximum atomic E-state index is 13.2. The molecule has 2 aromatic rings. The molecule has 0 atom stereocenters. The predicted molar refractivity (Wildman–Crippen MR) is 122 cm³/mol. The molecule has 7 nitrogen and oxygen atoms in total. The molecular formula is C22H27ClN4O3S. The monoisotopic (exact) mass is 462 g/mol. The van der Waals surface area contributed by atoms with E-state index in [-0.39, 0.29) is 16.7 Å². The Morgan fingerprint density at radius 3 is 2.35 bits per heavy atom. The van der Waals surface area contributed by atoms with Gasteiger partial charge >= 0.3 is 0 Å². The molecule has 31 heavy (non-hydrogen) atoms. The lowest BCUT2D eigenvalue weighted by molar-refractivity contribution is -0.120. The van der Waals surface area contributed by atoms with E-state index in [4.69, 9.17) is 11.6 Å². The number of halogens is 1. The number of amides is 1. The van der Waals surface area contributed by atoms with Crippen molar-refractivity contribution < 1.29 is 13.2 Å². The van der Waals surface area contributed by atoms with Crippen molar-refractivity contribution in [2.75, 3.05) is 36.4 Å². The van der Waals surface area contributed by atoms with E-state index in [1.165, 1.54) is 0 Å². The van der Waals surface area contributed by atoms with Crippen LogP contribution in [0.2, 0.25) is 5.02 Å². The third kappa shape index (κ3) is 5.02. The van der Waals surface area contributed by atoms with Gasteiger partial charge in [0.1, 0.15) is 10.7 Å². The van der Waals surface area contributed by atoms with Gasteiger partial charge in [-0.1, -0.05) is 18.0 Å². The quantitative estimate of drug-likeness (QED) is 0.731. The zero-order valence-electron chi connectivity index (χ0n) is 17.3. The average molecular weight is 463 g/mol. The van der Waals surface area contributed by atoms with Crippen molar-refractivity contribution >= 4 is 39.0 Å². The first-order valence-electron chi connectivity index (χ1n) is 10.7. The number of nitrogens with zero attached hydrogens (tertiary/aromatic N) is 3. The van der Waals surface area contributed by atoms with Crippen LogP contribution in [0, 0.1) is 5.92 Å². The summed E-state index contributed by atoms with van der Waals surface area (Å²) >= 11 is 5.90. The summed E-state index contributed by atoms with van der Waals surface area (Å²) in [5.74, 6) is 0.339. The number of sulfonamides is 1. The molecule has 2 aliphatic rings. The van der Waals surface area contributed by atoms with Gasteiger partial charge in [-0.25, -0.2) is 13.4 Å². The molecule has 4 rings (SSSR count). The van der Waals surface area contributed by atoms with Gasteiger partial charge in [-0.15, -0.1) is 0 Å². The molecule has 0 aliphatic carbocycles. The van der Waals surface area contributed by atoms with Crippen LogP contribution in [0.4, 0.5) is 11.5 Å². The Kier molecular flexibility index (Phi) is 6.79. The predicted octanol–water partition coefficient (Wildman–Crippen LogP) is 3.76. The van der Waals surface area contributed by atoms with Crippen LogP contribution in [0.1, 0.15) is 32.1 Å². The number of pyridine rings is 1. The van der Waals surface area contributed by atoms with Crippen LogP contribution in [-0.4, -0.2) is 49.8 Å². The van der Waals surface area contributed by atoms with E-state index in [2.05, 4.69) is 10.3 Å². The third-order valence-electron chi connectivity index (χ3n) is 5.96. The molecule has 2 saturated heterocycles. The Balaban J connectivity index is 1.43. The minimum Gasteiger partial charge on any atom is -0.355 e. The second-order valence-corrected chi connectivity index (χ2v) is 10.4. The Labute approximate surface area is 188 Å². The SMILES string of the molecule is O=C(Nc1ccc(Cl)cc1)C1CCN(c2ncccc2S(=O)(=O)N2CCCCC2)CC1. The highest BCUT2D eigenvalue weighted by Gasteiger charge is 2.32. The molecule has 3 heterocycles. The van der Waals surface area contributed by atoms with Crippen molar-refractivity contribution in [3.05, 3.63) is 47.6 Å². The van der Waals surface area contributed by atoms with Crippen molar-refractivity contribution in [3.63, 3.8) is 0 Å². The molecule has 0 unspecified atom stereocenters. The van der Waals surface area contributed by atoms with Crippen LogP contribution >= 0.6 is 11.6 Å². The van der Waals surface area contributed by atoms with Crippen LogP contribution in [0.15, 0.2) is 47.5 Å². The summed E-state index contributed by atoms with van der Waals surface area (Å²) < 4.78 is 28.0. The molecular weight excluding hydrogens is 436 g/mol. The first-order valence-corrected chi connectivity index (χ1v) is 12.5. The number of carbonyl (C=O) groups excluding carboxylic acids is 1. The minimum absolute atomic E-state index is 0.0239. The van der Waals surface area contributed by atoms with Gasteiger partial charge < -0.3 is 10.2 Å². The van der Waals surface area contributed by atoms with E-state index in [1.807, 2.05) is 4.90 Å². The fourth-order valence-corrected chi connectivity index (χ4v) is 6.00. The third-order valence-corrected chi connectivity index (χ3v) is 8.13. The molecule has 1 N–H and O–H groups in total. The van der Waals surface area contributed by atoms with E-state index in [0.717, 1.165) is 24.9 Å². The second kappa shape index (κ2) is 9.54. The van der Waals surface area contributed by atoms with Crippen molar-refractivity contribution in [1.82, 2.24) is 9.29 Å². The summed E-state index contributed by atoms with van der Waals surface area (Å²) in [5.41, 5.74) is 0.719. The van der Waals surface area contributed by atoms with Crippen LogP contribution < -0.4 is 10.2 Å². The van der Waals surface area contributed by atoms with Crippen LogP contribution in [-0.2, 0) is 14.8 Å². The van der Waals surface area contributed by atoms with E-state index in [1.54, 1.807) is 46.9 Å². The van der Waals surface area contributed by atoms with Crippen LogP contribution in [0.5, 0.6) is 0 Å². The van der Waals surface area contributed by atoms with E-state index in [0.29, 0.717) is 49.9 Å². The number of hydrogen-bond acceptors (Lipinski definition) is 5. The summed E-state index contributed by atoms with van der Waals surface area (Å²) in [4.78, 5) is 19.3. The minimum atomic E-state index is -3.58. The molecule has 2 aliphatic heterocycles. The molecule has 9 heteroatoms. The topological polar surface area (TPSA) is 82.6 Å². The first kappa shape index (κ1) is 22.0. The highest BCUT2D eigenvalue weighted by molar-refractivity contribution is 7.89. The number of nitrogens with one attached hydrogen (secondary N) is 1. The largest absolute Gasteiger partial charge is 0.355 e. The van der Waals surface area contributed by atoms with Crippen molar-refractivity contribution in [2.45, 2.75) is 37.0 Å². The number of anilines is 2. The Hall–Kier alpha value is -2.16. The normalized spacial score (nSPS) is 18.7. The Morgan fingerprint density at radius 1 is 1.00 bits per heavy atom. The molecule has 0 spiro atoms. The summed E-state index contributed by atoms with van der Waals surface area (Å²) in [5, 5.41) is 3.56. The van der Waals surface area contributed by atoms with Crippen molar-refractivity contribution in [1.29, 1.82) is 0 Å². The molecule has 2 fully saturated rings. The summed E-state index contributed by atoms with van der Waals surface area (Å²) in [7, 11) is -3.58. The second-order valence-electron chi connectivity index (χ2n) is 8.05. The highest BCUT2D eigenvalue weighted by atomic mass is 35.5. The molecule has 0 radical (unpaired) electrons. The molecule has 0 bridgehead atoms. The molecule has 1 aromatic heterocycles. The maximum Gasteiger partial charge on any atom is 0.246 e. The van der Waals surface area contributed by atoms with E-state index in [9.17, 15) is 13.2 Å².